The number of nitrogens with one attached hydrogen (secondary N) is 1. The highest BCUT2D eigenvalue weighted by molar-refractivity contribution is 7.15. The van der Waals surface area contributed by atoms with E-state index in [4.69, 9.17) is 5.73 Å². The lowest BCUT2D eigenvalue weighted by molar-refractivity contribution is -0.114. The maximum atomic E-state index is 10.9. The number of hydrogen-bond donors (Lipinski definition) is 2. The van der Waals surface area contributed by atoms with Gasteiger partial charge in [0.1, 0.15) is 5.01 Å². The first-order valence-electron chi connectivity index (χ1n) is 4.58. The van der Waals surface area contributed by atoms with Crippen molar-refractivity contribution in [2.45, 2.75) is 26.2 Å². The number of amides is 1. The number of nitrogens with zero attached hydrogens (tertiary/aromatic N) is 2. The maximum Gasteiger partial charge on any atom is 0.239 e. The third-order valence-electron chi connectivity index (χ3n) is 1.64. The lowest BCUT2D eigenvalue weighted by Crippen LogP contribution is -2.21. The average molecular weight is 214 g/mol. The topological polar surface area (TPSA) is 80.9 Å². The molecule has 3 N–H and O–H groups in total. The van der Waals surface area contributed by atoms with Crippen molar-refractivity contribution in [2.24, 2.45) is 5.73 Å². The van der Waals surface area contributed by atoms with E-state index < -0.39 is 0 Å². The van der Waals surface area contributed by atoms with Crippen molar-refractivity contribution >= 4 is 22.4 Å². The van der Waals surface area contributed by atoms with E-state index in [1.165, 1.54) is 11.3 Å². The molecule has 0 unspecified atom stereocenters. The highest BCUT2D eigenvalue weighted by Gasteiger charge is 2.05. The number of anilines is 1. The van der Waals surface area contributed by atoms with Gasteiger partial charge in [-0.25, -0.2) is 0 Å². The molecule has 0 spiro atoms. The number of rotatable bonds is 5. The molecule has 6 heteroatoms. The lowest BCUT2D eigenvalue weighted by atomic mass is 10.3. The summed E-state index contributed by atoms with van der Waals surface area (Å²) in [5.74, 6) is -0.233. The molecule has 0 aromatic carbocycles. The van der Waals surface area contributed by atoms with E-state index >= 15 is 0 Å². The Kier molecular flexibility index (Phi) is 4.48. The van der Waals surface area contributed by atoms with Gasteiger partial charge in [-0.15, -0.1) is 10.2 Å². The Balaban J connectivity index is 2.46. The van der Waals surface area contributed by atoms with E-state index in [9.17, 15) is 4.79 Å². The second kappa shape index (κ2) is 5.66. The predicted octanol–water partition coefficient (Wildman–Crippen LogP) is 0.778. The summed E-state index contributed by atoms with van der Waals surface area (Å²) in [4.78, 5) is 10.9. The first-order valence-corrected chi connectivity index (χ1v) is 5.40. The first kappa shape index (κ1) is 11.1. The minimum absolute atomic E-state index is 0.0239. The van der Waals surface area contributed by atoms with Crippen molar-refractivity contribution in [3.63, 3.8) is 0 Å². The normalized spacial score (nSPS) is 10.1. The number of carbonyl (C=O) groups excluding carboxylic acids is 1. The van der Waals surface area contributed by atoms with E-state index in [0.29, 0.717) is 5.13 Å². The van der Waals surface area contributed by atoms with E-state index in [-0.39, 0.29) is 12.5 Å². The molecule has 1 aromatic heterocycles. The molecule has 1 heterocycles. The van der Waals surface area contributed by atoms with Gasteiger partial charge in [0.2, 0.25) is 11.0 Å². The number of carbonyl (C=O) groups is 1. The molecular formula is C8H14N4OS. The fourth-order valence-electron chi connectivity index (χ4n) is 0.903. The van der Waals surface area contributed by atoms with Gasteiger partial charge in [0.25, 0.3) is 0 Å². The summed E-state index contributed by atoms with van der Waals surface area (Å²) < 4.78 is 0. The molecule has 1 rings (SSSR count). The number of aryl methyl sites for hydroxylation is 1. The van der Waals surface area contributed by atoms with E-state index in [0.717, 1.165) is 24.3 Å². The third kappa shape index (κ3) is 3.39. The Hall–Kier alpha value is -1.01. The highest BCUT2D eigenvalue weighted by atomic mass is 32.1. The van der Waals surface area contributed by atoms with Crippen LogP contribution in [-0.4, -0.2) is 22.6 Å². The fraction of sp³-hybridized carbons (Fsp3) is 0.625. The summed E-state index contributed by atoms with van der Waals surface area (Å²) in [6.07, 6.45) is 3.15. The fourth-order valence-corrected chi connectivity index (χ4v) is 1.70. The van der Waals surface area contributed by atoms with Crippen molar-refractivity contribution in [1.29, 1.82) is 0 Å². The smallest absolute Gasteiger partial charge is 0.239 e. The molecule has 0 atom stereocenters. The van der Waals surface area contributed by atoms with Crippen molar-refractivity contribution < 1.29 is 4.79 Å². The summed E-state index contributed by atoms with van der Waals surface area (Å²) in [6, 6.07) is 0. The molecule has 14 heavy (non-hydrogen) atoms. The van der Waals surface area contributed by atoms with Gasteiger partial charge in [-0.3, -0.25) is 10.1 Å². The van der Waals surface area contributed by atoms with Gasteiger partial charge in [0.05, 0.1) is 6.54 Å². The summed E-state index contributed by atoms with van der Waals surface area (Å²) >= 11 is 1.41. The molecule has 0 bridgehead atoms. The molecule has 0 aliphatic heterocycles. The zero-order valence-electron chi connectivity index (χ0n) is 8.12. The minimum atomic E-state index is -0.233. The van der Waals surface area contributed by atoms with Gasteiger partial charge in [-0.05, 0) is 6.42 Å². The number of aromatic nitrogens is 2. The maximum absolute atomic E-state index is 10.9. The molecule has 0 saturated heterocycles. The van der Waals surface area contributed by atoms with Gasteiger partial charge >= 0.3 is 0 Å². The summed E-state index contributed by atoms with van der Waals surface area (Å²) in [5, 5.41) is 11.9. The van der Waals surface area contributed by atoms with Crippen LogP contribution in [0.4, 0.5) is 5.13 Å². The van der Waals surface area contributed by atoms with Crippen molar-refractivity contribution in [2.75, 3.05) is 11.9 Å². The molecular weight excluding hydrogens is 200 g/mol. The highest BCUT2D eigenvalue weighted by Crippen LogP contribution is 2.16. The minimum Gasteiger partial charge on any atom is -0.322 e. The summed E-state index contributed by atoms with van der Waals surface area (Å²) in [5.41, 5.74) is 5.15. The van der Waals surface area contributed by atoms with Crippen LogP contribution < -0.4 is 11.1 Å². The predicted molar refractivity (Wildman–Crippen MR) is 56.2 cm³/mol. The Morgan fingerprint density at radius 2 is 2.36 bits per heavy atom. The van der Waals surface area contributed by atoms with Gasteiger partial charge in [-0.2, -0.15) is 0 Å². The zero-order valence-corrected chi connectivity index (χ0v) is 8.93. The van der Waals surface area contributed by atoms with Crippen molar-refractivity contribution in [1.82, 2.24) is 10.2 Å². The largest absolute Gasteiger partial charge is 0.322 e. The molecule has 0 radical (unpaired) electrons. The second-order valence-electron chi connectivity index (χ2n) is 2.86. The van der Waals surface area contributed by atoms with Crippen LogP contribution in [0.2, 0.25) is 0 Å². The van der Waals surface area contributed by atoms with Crippen LogP contribution in [0.1, 0.15) is 24.8 Å². The Morgan fingerprint density at radius 3 is 3.00 bits per heavy atom. The van der Waals surface area contributed by atoms with E-state index in [1.54, 1.807) is 0 Å². The Morgan fingerprint density at radius 1 is 1.57 bits per heavy atom. The molecule has 0 aliphatic rings. The van der Waals surface area contributed by atoms with Crippen molar-refractivity contribution in [3.05, 3.63) is 5.01 Å². The van der Waals surface area contributed by atoms with Gasteiger partial charge in [0.15, 0.2) is 0 Å². The average Bonchev–Trinajstić information content (AvgIpc) is 2.62. The second-order valence-corrected chi connectivity index (χ2v) is 3.92. The monoisotopic (exact) mass is 214 g/mol. The van der Waals surface area contributed by atoms with Gasteiger partial charge in [0, 0.05) is 6.42 Å². The molecule has 0 saturated carbocycles. The van der Waals surface area contributed by atoms with Crippen LogP contribution in [0.25, 0.3) is 0 Å². The number of nitrogens with two attached hydrogens (primary N) is 1. The Labute approximate surface area is 86.7 Å². The van der Waals surface area contributed by atoms with E-state index in [2.05, 4.69) is 22.4 Å². The van der Waals surface area contributed by atoms with Crippen LogP contribution >= 0.6 is 11.3 Å². The first-order chi connectivity index (χ1) is 6.76. The number of hydrogen-bond acceptors (Lipinski definition) is 5. The molecule has 5 nitrogen and oxygen atoms in total. The molecule has 0 aliphatic carbocycles. The number of unbranched alkanes of at least 4 members (excludes halogenated alkanes) is 1. The standard InChI is InChI=1S/C8H14N4OS/c1-2-3-4-7-11-12-8(14-7)10-6(13)5-9/h2-5,9H2,1H3,(H,10,12,13). The zero-order chi connectivity index (χ0) is 10.4. The van der Waals surface area contributed by atoms with Crippen molar-refractivity contribution in [3.8, 4) is 0 Å². The summed E-state index contributed by atoms with van der Waals surface area (Å²) in [7, 11) is 0. The van der Waals surface area contributed by atoms with Crippen LogP contribution in [-0.2, 0) is 11.2 Å². The van der Waals surface area contributed by atoms with Gasteiger partial charge < -0.3 is 5.73 Å². The van der Waals surface area contributed by atoms with Crippen LogP contribution in [0.15, 0.2) is 0 Å². The molecule has 1 aromatic rings. The van der Waals surface area contributed by atoms with E-state index in [1.807, 2.05) is 0 Å². The molecule has 1 amide bonds. The van der Waals surface area contributed by atoms with Gasteiger partial charge in [-0.1, -0.05) is 24.7 Å². The third-order valence-corrected chi connectivity index (χ3v) is 2.54. The van der Waals surface area contributed by atoms with Crippen LogP contribution in [0.3, 0.4) is 0 Å². The Bertz CT molecular complexity index is 299. The quantitative estimate of drug-likeness (QED) is 0.759. The molecule has 0 fully saturated rings. The van der Waals surface area contributed by atoms with Crippen LogP contribution in [0.5, 0.6) is 0 Å². The summed E-state index contributed by atoms with van der Waals surface area (Å²) in [6.45, 7) is 2.10. The SMILES string of the molecule is CCCCc1nnc(NC(=O)CN)s1. The molecule has 78 valence electrons. The lowest BCUT2D eigenvalue weighted by Gasteiger charge is -1.94. The van der Waals surface area contributed by atoms with Crippen LogP contribution in [0, 0.1) is 0 Å².